The molecule has 2 aromatic rings. The first kappa shape index (κ1) is 10.5. The third kappa shape index (κ3) is 1.87. The molecule has 3 rings (SSSR count). The molecule has 0 spiro atoms. The first-order valence-electron chi connectivity index (χ1n) is 6.19. The lowest BCUT2D eigenvalue weighted by atomic mass is 10.1. The van der Waals surface area contributed by atoms with E-state index in [9.17, 15) is 0 Å². The molecular formula is C14H17N3. The minimum atomic E-state index is 0.456. The molecule has 1 saturated heterocycles. The molecule has 1 N–H and O–H groups in total. The van der Waals surface area contributed by atoms with Crippen LogP contribution in [0.15, 0.2) is 36.5 Å². The fourth-order valence-electron chi connectivity index (χ4n) is 2.56. The Morgan fingerprint density at radius 1 is 1.29 bits per heavy atom. The molecule has 0 bridgehead atoms. The van der Waals surface area contributed by atoms with Crippen molar-refractivity contribution in [3.05, 3.63) is 47.8 Å². The zero-order valence-corrected chi connectivity index (χ0v) is 10.1. The predicted molar refractivity (Wildman–Crippen MR) is 68.3 cm³/mol. The van der Waals surface area contributed by atoms with Gasteiger partial charge in [0.2, 0.25) is 0 Å². The SMILES string of the molecule is Cc1cnn(-c2ccccc2)c1C1CCCN1. The third-order valence-corrected chi connectivity index (χ3v) is 3.39. The Labute approximate surface area is 101 Å². The monoisotopic (exact) mass is 227 g/mol. The highest BCUT2D eigenvalue weighted by atomic mass is 15.3. The molecule has 17 heavy (non-hydrogen) atoms. The minimum absolute atomic E-state index is 0.456. The number of aromatic nitrogens is 2. The van der Waals surface area contributed by atoms with Crippen molar-refractivity contribution in [1.29, 1.82) is 0 Å². The van der Waals surface area contributed by atoms with E-state index in [0.717, 1.165) is 12.2 Å². The lowest BCUT2D eigenvalue weighted by Gasteiger charge is -2.14. The van der Waals surface area contributed by atoms with E-state index in [-0.39, 0.29) is 0 Å². The number of hydrogen-bond donors (Lipinski definition) is 1. The first-order valence-corrected chi connectivity index (χ1v) is 6.19. The van der Waals surface area contributed by atoms with Crippen molar-refractivity contribution in [2.75, 3.05) is 6.54 Å². The van der Waals surface area contributed by atoms with Crippen molar-refractivity contribution < 1.29 is 0 Å². The van der Waals surface area contributed by atoms with Crippen LogP contribution in [0.3, 0.4) is 0 Å². The molecule has 88 valence electrons. The summed E-state index contributed by atoms with van der Waals surface area (Å²) in [6.07, 6.45) is 4.42. The topological polar surface area (TPSA) is 29.9 Å². The molecule has 0 aliphatic carbocycles. The van der Waals surface area contributed by atoms with E-state index >= 15 is 0 Å². The Hall–Kier alpha value is -1.61. The molecular weight excluding hydrogens is 210 g/mol. The zero-order chi connectivity index (χ0) is 11.7. The van der Waals surface area contributed by atoms with Gasteiger partial charge in [-0.3, -0.25) is 0 Å². The summed E-state index contributed by atoms with van der Waals surface area (Å²) in [6.45, 7) is 3.26. The quantitative estimate of drug-likeness (QED) is 0.854. The van der Waals surface area contributed by atoms with Crippen LogP contribution in [0, 0.1) is 6.92 Å². The molecule has 3 nitrogen and oxygen atoms in total. The van der Waals surface area contributed by atoms with Gasteiger partial charge in [-0.15, -0.1) is 0 Å². The van der Waals surface area contributed by atoms with Gasteiger partial charge in [-0.2, -0.15) is 5.10 Å². The third-order valence-electron chi connectivity index (χ3n) is 3.39. The summed E-state index contributed by atoms with van der Waals surface area (Å²) >= 11 is 0. The second kappa shape index (κ2) is 4.34. The Bertz CT molecular complexity index is 495. The van der Waals surface area contributed by atoms with E-state index in [0.29, 0.717) is 6.04 Å². The second-order valence-corrected chi connectivity index (χ2v) is 4.61. The van der Waals surface area contributed by atoms with Crippen LogP contribution in [0.4, 0.5) is 0 Å². The molecule has 0 saturated carbocycles. The van der Waals surface area contributed by atoms with Gasteiger partial charge in [-0.05, 0) is 44.0 Å². The summed E-state index contributed by atoms with van der Waals surface area (Å²) in [5.74, 6) is 0. The maximum Gasteiger partial charge on any atom is 0.0649 e. The number of nitrogens with one attached hydrogen (secondary N) is 1. The van der Waals surface area contributed by atoms with Gasteiger partial charge in [0.05, 0.1) is 17.6 Å². The Morgan fingerprint density at radius 2 is 2.12 bits per heavy atom. The number of hydrogen-bond acceptors (Lipinski definition) is 2. The van der Waals surface area contributed by atoms with E-state index < -0.39 is 0 Å². The van der Waals surface area contributed by atoms with Crippen LogP contribution in [0.5, 0.6) is 0 Å². The molecule has 1 atom stereocenters. The van der Waals surface area contributed by atoms with Gasteiger partial charge in [-0.25, -0.2) is 4.68 Å². The van der Waals surface area contributed by atoms with Crippen molar-refractivity contribution in [1.82, 2.24) is 15.1 Å². The molecule has 3 heteroatoms. The normalized spacial score (nSPS) is 19.7. The smallest absolute Gasteiger partial charge is 0.0649 e. The predicted octanol–water partition coefficient (Wildman–Crippen LogP) is 2.61. The summed E-state index contributed by atoms with van der Waals surface area (Å²) in [4.78, 5) is 0. The first-order chi connectivity index (χ1) is 8.36. The van der Waals surface area contributed by atoms with Crippen LogP contribution in [0.2, 0.25) is 0 Å². The van der Waals surface area contributed by atoms with E-state index in [1.54, 1.807) is 0 Å². The lowest BCUT2D eigenvalue weighted by Crippen LogP contribution is -2.17. The number of para-hydroxylation sites is 1. The van der Waals surface area contributed by atoms with Crippen molar-refractivity contribution in [3.8, 4) is 5.69 Å². The highest BCUT2D eigenvalue weighted by Gasteiger charge is 2.22. The number of rotatable bonds is 2. The fourth-order valence-corrected chi connectivity index (χ4v) is 2.56. The van der Waals surface area contributed by atoms with Crippen LogP contribution in [-0.2, 0) is 0 Å². The Kier molecular flexibility index (Phi) is 2.69. The van der Waals surface area contributed by atoms with E-state index in [2.05, 4.69) is 46.3 Å². The second-order valence-electron chi connectivity index (χ2n) is 4.61. The van der Waals surface area contributed by atoms with Crippen LogP contribution < -0.4 is 5.32 Å². The summed E-state index contributed by atoms with van der Waals surface area (Å²) in [6, 6.07) is 10.8. The van der Waals surface area contributed by atoms with Crippen LogP contribution in [-0.4, -0.2) is 16.3 Å². The highest BCUT2D eigenvalue weighted by molar-refractivity contribution is 5.36. The van der Waals surface area contributed by atoms with E-state index in [4.69, 9.17) is 0 Å². The molecule has 1 aromatic heterocycles. The molecule has 1 fully saturated rings. The van der Waals surface area contributed by atoms with Crippen molar-refractivity contribution >= 4 is 0 Å². The largest absolute Gasteiger partial charge is 0.309 e. The molecule has 1 aliphatic heterocycles. The van der Waals surface area contributed by atoms with Gasteiger partial charge in [-0.1, -0.05) is 18.2 Å². The fraction of sp³-hybridized carbons (Fsp3) is 0.357. The highest BCUT2D eigenvalue weighted by Crippen LogP contribution is 2.27. The summed E-state index contributed by atoms with van der Waals surface area (Å²) < 4.78 is 2.07. The number of benzene rings is 1. The molecule has 1 unspecified atom stereocenters. The van der Waals surface area contributed by atoms with Gasteiger partial charge in [0, 0.05) is 6.04 Å². The van der Waals surface area contributed by atoms with Crippen LogP contribution >= 0.6 is 0 Å². The maximum atomic E-state index is 4.51. The van der Waals surface area contributed by atoms with Gasteiger partial charge in [0.25, 0.3) is 0 Å². The van der Waals surface area contributed by atoms with Crippen molar-refractivity contribution in [2.45, 2.75) is 25.8 Å². The van der Waals surface area contributed by atoms with Crippen molar-refractivity contribution in [2.24, 2.45) is 0 Å². The molecule has 0 amide bonds. The standard InChI is InChI=1S/C14H17N3/c1-11-10-16-17(12-6-3-2-4-7-12)14(11)13-8-5-9-15-13/h2-4,6-7,10,13,15H,5,8-9H2,1H3. The molecule has 1 aliphatic rings. The van der Waals surface area contributed by atoms with Crippen LogP contribution in [0.1, 0.15) is 30.1 Å². The van der Waals surface area contributed by atoms with E-state index in [1.165, 1.54) is 24.1 Å². The maximum absolute atomic E-state index is 4.51. The number of nitrogens with zero attached hydrogens (tertiary/aromatic N) is 2. The lowest BCUT2D eigenvalue weighted by molar-refractivity contribution is 0.596. The zero-order valence-electron chi connectivity index (χ0n) is 10.1. The van der Waals surface area contributed by atoms with E-state index in [1.807, 2.05) is 12.3 Å². The van der Waals surface area contributed by atoms with Gasteiger partial charge < -0.3 is 5.32 Å². The Balaban J connectivity index is 2.06. The summed E-state index contributed by atoms with van der Waals surface area (Å²) in [5, 5.41) is 8.06. The molecule has 0 radical (unpaired) electrons. The Morgan fingerprint density at radius 3 is 2.82 bits per heavy atom. The average molecular weight is 227 g/mol. The van der Waals surface area contributed by atoms with Gasteiger partial charge in [0.1, 0.15) is 0 Å². The van der Waals surface area contributed by atoms with Crippen molar-refractivity contribution in [3.63, 3.8) is 0 Å². The summed E-state index contributed by atoms with van der Waals surface area (Å²) in [5.41, 5.74) is 3.73. The molecule has 1 aromatic carbocycles. The number of aryl methyl sites for hydroxylation is 1. The molecule has 2 heterocycles. The minimum Gasteiger partial charge on any atom is -0.309 e. The van der Waals surface area contributed by atoms with Crippen LogP contribution in [0.25, 0.3) is 5.69 Å². The van der Waals surface area contributed by atoms with Gasteiger partial charge in [0.15, 0.2) is 0 Å². The van der Waals surface area contributed by atoms with Gasteiger partial charge >= 0.3 is 0 Å². The summed E-state index contributed by atoms with van der Waals surface area (Å²) in [7, 11) is 0. The average Bonchev–Trinajstić information content (AvgIpc) is 2.99.